The summed E-state index contributed by atoms with van der Waals surface area (Å²) in [7, 11) is -100. The van der Waals surface area contributed by atoms with Crippen molar-refractivity contribution >= 4 is 168 Å². The van der Waals surface area contributed by atoms with Crippen LogP contribution in [0.4, 0.5) is 109 Å². The molecule has 9 N–H and O–H groups in total. The minimum absolute atomic E-state index is 0.0139. The number of hydrogen-bond acceptors (Lipinski definition) is 34. The fourth-order valence-corrected chi connectivity index (χ4v) is 14.8. The molecular weight excluding hydrogens is 1930 g/mol. The highest BCUT2D eigenvalue weighted by molar-refractivity contribution is 8.03. The van der Waals surface area contributed by atoms with Crippen LogP contribution in [0.2, 0.25) is 0 Å². The zero-order chi connectivity index (χ0) is 86.1. The van der Waals surface area contributed by atoms with Crippen molar-refractivity contribution in [1.29, 1.82) is 0 Å². The summed E-state index contributed by atoms with van der Waals surface area (Å²) in [5.41, 5.74) is -17.5. The molecule has 0 amide bonds. The minimum Gasteiger partial charge on any atom is -0.289 e. The van der Waals surface area contributed by atoms with Gasteiger partial charge in [-0.25, -0.2) is 61.4 Å². The van der Waals surface area contributed by atoms with Crippen LogP contribution in [0.25, 0.3) is 0 Å². The van der Waals surface area contributed by atoms with E-state index < -0.39 is 211 Å². The highest BCUT2D eigenvalue weighted by Crippen LogP contribution is 2.49. The first-order valence-corrected chi connectivity index (χ1v) is 45.3. The van der Waals surface area contributed by atoms with Gasteiger partial charge >= 0.3 is 185 Å². The molecule has 0 radical (unpaired) electrons. The molecule has 0 spiro atoms. The lowest BCUT2D eigenvalue weighted by molar-refractivity contribution is -0.0448. The Morgan fingerprint density at radius 1 is 0.350 bits per heavy atom. The van der Waals surface area contributed by atoms with Crippen LogP contribution < -0.4 is 39.7 Å². The summed E-state index contributed by atoms with van der Waals surface area (Å²) in [4.78, 5) is 0. The van der Waals surface area contributed by atoms with Gasteiger partial charge in [0.05, 0.1) is 20.3 Å². The lowest BCUT2D eigenvalue weighted by atomic mass is 10.7. The van der Waals surface area contributed by atoms with Crippen molar-refractivity contribution < 1.29 is 255 Å². The smallest absolute Gasteiger partial charge is 0.289 e. The van der Waals surface area contributed by atoms with Gasteiger partial charge in [-0.05, 0) is 0 Å². The molecule has 0 aliphatic rings. The second-order valence-corrected chi connectivity index (χ2v) is 38.6. The summed E-state index contributed by atoms with van der Waals surface area (Å²) in [5, 5.41) is 0. The maximum atomic E-state index is 12.6. The third-order valence-corrected chi connectivity index (χ3v) is 24.1. The summed E-state index contributed by atoms with van der Waals surface area (Å²) < 4.78 is 601. The van der Waals surface area contributed by atoms with Gasteiger partial charge in [-0.1, -0.05) is 74.1 Å². The van der Waals surface area contributed by atoms with Crippen LogP contribution in [0.1, 0.15) is 0 Å². The summed E-state index contributed by atoms with van der Waals surface area (Å²) in [6, 6.07) is 0. The number of sulfonamides is 3. The summed E-state index contributed by atoms with van der Waals surface area (Å²) in [6.07, 6.45) is 11.2. The van der Waals surface area contributed by atoms with Crippen molar-refractivity contribution in [1.82, 2.24) is 39.7 Å². The second kappa shape index (κ2) is 45.4. The van der Waals surface area contributed by atoms with Crippen molar-refractivity contribution in [2.24, 2.45) is 0 Å². The predicted octanol–water partition coefficient (Wildman–Crippen LogP) is 5.28. The van der Waals surface area contributed by atoms with Crippen LogP contribution in [0.3, 0.4) is 0 Å². The van der Waals surface area contributed by atoms with E-state index in [1.807, 2.05) is 0 Å². The van der Waals surface area contributed by atoms with Crippen LogP contribution in [0.5, 0.6) is 0 Å². The number of terminal acetylenes is 2. The van der Waals surface area contributed by atoms with E-state index in [2.05, 4.69) is 47.6 Å². The van der Waals surface area contributed by atoms with E-state index in [-0.39, 0.29) is 21.7 Å². The Labute approximate surface area is 560 Å². The van der Waals surface area contributed by atoms with Gasteiger partial charge in [0.25, 0.3) is 0 Å². The Morgan fingerprint density at radius 3 is 0.796 bits per heavy atom. The molecule has 0 saturated carbocycles. The average molecular weight is 1950 g/mol. The molecule has 87 heteroatoms. The monoisotopic (exact) mass is 1950 g/mol. The number of nitrogens with one attached hydrogen (secondary N) is 9. The molecule has 2 atom stereocenters. The maximum absolute atomic E-state index is 12.6. The number of rotatable bonds is 29. The Bertz CT molecular complexity index is 4530. The third-order valence-electron chi connectivity index (χ3n) is 4.40. The molecular formula is C16H28F26N9O34P7S11. The zero-order valence-corrected chi connectivity index (χ0v) is 61.1. The molecule has 0 saturated heterocycles. The first kappa shape index (κ1) is 119. The van der Waals surface area contributed by atoms with E-state index in [9.17, 15) is 229 Å². The van der Waals surface area contributed by atoms with E-state index >= 15 is 0 Å². The average Bonchev–Trinajstić information content (AvgIpc) is 0.827. The number of halogens is 26. The molecule has 2 unspecified atom stereocenters. The van der Waals surface area contributed by atoms with E-state index in [0.29, 0.717) is 25.1 Å². The van der Waals surface area contributed by atoms with Gasteiger partial charge in [0.1, 0.15) is 13.2 Å². The molecule has 0 aromatic carbocycles. The zero-order valence-electron chi connectivity index (χ0n) is 45.9. The molecule has 0 aromatic rings. The molecule has 103 heavy (non-hydrogen) atoms. The van der Waals surface area contributed by atoms with Crippen molar-refractivity contribution in [2.45, 2.75) is 16.5 Å². The standard InChI is InChI=1S/C4H4F4NO4PS.2C3H6F2NO4PS.C3H4F2NO4PS.CHF5NO3PS.CHF4NO4S2.CH4F2NO4PS.F3HNO3PS.F2HNO4S2/c1-2-3-13-14(8,10)9-15(11,12)4(5,6)7;1-2-3-10-11(4,7)6-12(5,8)9;2*1-2-3-10-12(8,9)6-11(4,5)7;2-1(3,4)12(9,10)7-11(5,6)8;2-1(3,4)11(7,8)6-12(5,9)10;1-8-10(6,7)4-9(2,3)5;1-8(2,5)4-9(3,6)7;1-8(4,5)3-9(2,6)7/h1H,3H2,(H,9,10);2*2H,1,3H2,(H,6,7);1H,3H2,(H,6,7);(H,7,8);6H;1H3,(H,4,5);(H,4,5);3H. The van der Waals surface area contributed by atoms with Crippen molar-refractivity contribution in [3.8, 4) is 24.7 Å². The normalized spacial score (nSPS) is 14.5. The van der Waals surface area contributed by atoms with Crippen LogP contribution in [-0.4, -0.2) is 143 Å². The Morgan fingerprint density at radius 2 is 0.612 bits per heavy atom. The molecule has 43 nitrogen and oxygen atoms in total. The largest absolute Gasteiger partial charge is 0.512 e. The Kier molecular flexibility index (Phi) is 52.3. The molecule has 0 aliphatic heterocycles. The molecule has 0 aliphatic carbocycles. The van der Waals surface area contributed by atoms with Gasteiger partial charge < -0.3 is 0 Å². The number of alkyl halides is 9. The Hall–Kier alpha value is -2.72. The first-order valence-electron chi connectivity index (χ1n) is 19.2. The molecule has 624 valence electrons. The van der Waals surface area contributed by atoms with Crippen molar-refractivity contribution in [3.63, 3.8) is 0 Å². The molecule has 0 rings (SSSR count). The van der Waals surface area contributed by atoms with Crippen LogP contribution in [0.15, 0.2) is 25.3 Å². The van der Waals surface area contributed by atoms with Crippen molar-refractivity contribution in [3.05, 3.63) is 25.3 Å². The number of hydrogen-bond donors (Lipinski definition) is 9. The van der Waals surface area contributed by atoms with E-state index in [1.54, 1.807) is 11.8 Å². The summed E-state index contributed by atoms with van der Waals surface area (Å²) >= 11 is 0. The van der Waals surface area contributed by atoms with E-state index in [0.717, 1.165) is 12.2 Å². The fraction of sp³-hybridized carbons (Fsp3) is 0.500. The van der Waals surface area contributed by atoms with Gasteiger partial charge in [-0.2, -0.15) is 107 Å². The highest BCUT2D eigenvalue weighted by Gasteiger charge is 2.52. The molecule has 0 fully saturated rings. The SMILES string of the molecule is C#CCOP(=O)(F)NS(=O)(=O)C(F)(F)F.C#CCOS(=O)(=O)NP(=O)(F)F.C=CCOP(=O)(F)NS(=O)(=O)F.C=CCOS(=O)(=O)NP(=O)(F)F.COS(=O)(=O)NP(=O)(F)F.O=P(F)(F)NS(=O)(=O)C(F)(F)F.O=P(F)(F)NS(=O)(=O)F.O=S(=O)(F)NS(=O)(=O)C(F)(F)F.O=S(=O)(F)NS(=O)(=O)F. The maximum Gasteiger partial charge on any atom is 0.512 e. The van der Waals surface area contributed by atoms with Gasteiger partial charge in [-0.3, -0.25) is 17.4 Å². The highest BCUT2D eigenvalue weighted by atomic mass is 32.3. The van der Waals surface area contributed by atoms with Gasteiger partial charge in [0, 0.05) is 0 Å². The lowest BCUT2D eigenvalue weighted by Gasteiger charge is -2.11. The van der Waals surface area contributed by atoms with Gasteiger partial charge in [0.2, 0.25) is 0 Å². The minimum atomic E-state index is -6.44. The Balaban J connectivity index is -0.000000138. The predicted molar refractivity (Wildman–Crippen MR) is 285 cm³/mol. The van der Waals surface area contributed by atoms with Crippen LogP contribution in [-0.2, 0) is 167 Å². The topological polar surface area (TPSA) is 649 Å². The molecule has 0 aromatic heterocycles. The third kappa shape index (κ3) is 91.6. The fourth-order valence-electron chi connectivity index (χ4n) is 1.99. The lowest BCUT2D eigenvalue weighted by Crippen LogP contribution is -2.38. The van der Waals surface area contributed by atoms with E-state index in [4.69, 9.17) is 4.57 Å². The summed E-state index contributed by atoms with van der Waals surface area (Å²) in [5.74, 6) is 3.33. The summed E-state index contributed by atoms with van der Waals surface area (Å²) in [6.45, 7) is 3.57. The molecule has 0 bridgehead atoms. The van der Waals surface area contributed by atoms with E-state index in [1.165, 1.54) is 0 Å². The van der Waals surface area contributed by atoms with Gasteiger partial charge in [-0.15, -0.1) is 85.4 Å². The molecule has 0 heterocycles. The van der Waals surface area contributed by atoms with Gasteiger partial charge in [0.15, 0.2) is 0 Å². The van der Waals surface area contributed by atoms with Crippen LogP contribution >= 0.6 is 55.2 Å². The second-order valence-electron chi connectivity index (χ2n) is 12.7. The first-order chi connectivity index (χ1) is 43.9. The van der Waals surface area contributed by atoms with Crippen molar-refractivity contribution in [2.75, 3.05) is 33.5 Å². The quantitative estimate of drug-likeness (QED) is 0.0151. The van der Waals surface area contributed by atoms with Crippen LogP contribution in [0, 0.1) is 24.7 Å².